The first kappa shape index (κ1) is 22.7. The van der Waals surface area contributed by atoms with Gasteiger partial charge in [-0.15, -0.1) is 0 Å². The quantitative estimate of drug-likeness (QED) is 0.597. The molecule has 8 heteroatoms. The summed E-state index contributed by atoms with van der Waals surface area (Å²) in [5.74, 6) is -0.0765. The number of rotatable bonds is 10. The predicted molar refractivity (Wildman–Crippen MR) is 112 cm³/mol. The monoisotopic (exact) mass is 422 g/mol. The minimum atomic E-state index is -3.66. The van der Waals surface area contributed by atoms with Crippen molar-refractivity contribution in [2.45, 2.75) is 26.7 Å². The summed E-state index contributed by atoms with van der Waals surface area (Å²) in [4.78, 5) is 12.0. The molecule has 2 aromatic rings. The van der Waals surface area contributed by atoms with Crippen LogP contribution in [0.5, 0.6) is 5.75 Å². The number of nitrogens with one attached hydrogen (secondary N) is 1. The minimum Gasteiger partial charge on any atom is -0.492 e. The van der Waals surface area contributed by atoms with Crippen molar-refractivity contribution in [2.24, 2.45) is 0 Å². The van der Waals surface area contributed by atoms with Crippen LogP contribution in [0.3, 0.4) is 0 Å². The van der Waals surface area contributed by atoms with E-state index >= 15 is 0 Å². The number of para-hydroxylation sites is 1. The summed E-state index contributed by atoms with van der Waals surface area (Å²) in [7, 11) is -3.66. The van der Waals surface area contributed by atoms with Crippen molar-refractivity contribution in [3.05, 3.63) is 59.4 Å². The lowest BCUT2D eigenvalue weighted by Gasteiger charge is -2.22. The summed E-state index contributed by atoms with van der Waals surface area (Å²) in [6.45, 7) is 4.67. The van der Waals surface area contributed by atoms with Gasteiger partial charge in [-0.3, -0.25) is 9.10 Å². The standard InChI is InChI=1S/C21H27FN2O4S/c1-16-13-17(2)15-18(14-16)28-12-10-23-21(25)9-6-11-24(29(3,26)27)20-8-5-4-7-19(20)22/h4-5,7-8,13-15H,6,9-12H2,1-3H3,(H,23,25). The first-order valence-electron chi connectivity index (χ1n) is 9.37. The predicted octanol–water partition coefficient (Wildman–Crippen LogP) is 3.18. The van der Waals surface area contributed by atoms with Crippen LogP contribution in [-0.2, 0) is 14.8 Å². The van der Waals surface area contributed by atoms with Crippen molar-refractivity contribution in [1.29, 1.82) is 0 Å². The Morgan fingerprint density at radius 2 is 1.79 bits per heavy atom. The molecular weight excluding hydrogens is 395 g/mol. The molecule has 1 N–H and O–H groups in total. The van der Waals surface area contributed by atoms with Crippen LogP contribution in [0, 0.1) is 19.7 Å². The molecule has 2 rings (SSSR count). The van der Waals surface area contributed by atoms with Crippen LogP contribution >= 0.6 is 0 Å². The number of carbonyl (C=O) groups is 1. The molecule has 0 aliphatic carbocycles. The maximum Gasteiger partial charge on any atom is 0.232 e. The first-order chi connectivity index (χ1) is 13.7. The van der Waals surface area contributed by atoms with Crippen LogP contribution < -0.4 is 14.4 Å². The average Bonchev–Trinajstić information content (AvgIpc) is 2.61. The van der Waals surface area contributed by atoms with E-state index in [1.54, 1.807) is 6.07 Å². The van der Waals surface area contributed by atoms with Crippen molar-refractivity contribution < 1.29 is 22.3 Å². The number of hydrogen-bond acceptors (Lipinski definition) is 4. The van der Waals surface area contributed by atoms with E-state index in [0.717, 1.165) is 27.4 Å². The van der Waals surface area contributed by atoms with E-state index < -0.39 is 15.8 Å². The average molecular weight is 423 g/mol. The van der Waals surface area contributed by atoms with Crippen LogP contribution in [-0.4, -0.2) is 40.3 Å². The molecule has 29 heavy (non-hydrogen) atoms. The van der Waals surface area contributed by atoms with Crippen LogP contribution in [0.1, 0.15) is 24.0 Å². The Morgan fingerprint density at radius 1 is 1.14 bits per heavy atom. The topological polar surface area (TPSA) is 75.7 Å². The summed E-state index contributed by atoms with van der Waals surface area (Å²) < 4.78 is 44.6. The van der Waals surface area contributed by atoms with Crippen molar-refractivity contribution >= 4 is 21.6 Å². The third kappa shape index (κ3) is 7.38. The van der Waals surface area contributed by atoms with Gasteiger partial charge in [0, 0.05) is 13.0 Å². The molecule has 0 saturated heterocycles. The lowest BCUT2D eigenvalue weighted by Crippen LogP contribution is -2.33. The second kappa shape index (κ2) is 10.2. The molecule has 2 aromatic carbocycles. The number of nitrogens with zero attached hydrogens (tertiary/aromatic N) is 1. The van der Waals surface area contributed by atoms with E-state index in [-0.39, 0.29) is 31.0 Å². The van der Waals surface area contributed by atoms with Gasteiger partial charge in [-0.25, -0.2) is 12.8 Å². The molecule has 0 heterocycles. The molecule has 1 amide bonds. The van der Waals surface area contributed by atoms with E-state index in [1.807, 2.05) is 26.0 Å². The molecule has 0 bridgehead atoms. The zero-order chi connectivity index (χ0) is 21.4. The largest absolute Gasteiger partial charge is 0.492 e. The number of halogens is 1. The number of anilines is 1. The van der Waals surface area contributed by atoms with E-state index in [0.29, 0.717) is 13.2 Å². The lowest BCUT2D eigenvalue weighted by molar-refractivity contribution is -0.121. The number of benzene rings is 2. The fourth-order valence-electron chi connectivity index (χ4n) is 2.97. The second-order valence-corrected chi connectivity index (χ2v) is 8.82. The van der Waals surface area contributed by atoms with Crippen molar-refractivity contribution in [3.63, 3.8) is 0 Å². The number of hydrogen-bond donors (Lipinski definition) is 1. The maximum absolute atomic E-state index is 14.0. The smallest absolute Gasteiger partial charge is 0.232 e. The zero-order valence-electron chi connectivity index (χ0n) is 16.9. The normalized spacial score (nSPS) is 11.2. The molecule has 0 aliphatic rings. The molecule has 0 unspecified atom stereocenters. The fourth-order valence-corrected chi connectivity index (χ4v) is 3.93. The van der Waals surface area contributed by atoms with E-state index in [2.05, 4.69) is 11.4 Å². The summed E-state index contributed by atoms with van der Waals surface area (Å²) >= 11 is 0. The molecule has 0 aliphatic heterocycles. The van der Waals surface area contributed by atoms with Gasteiger partial charge in [0.2, 0.25) is 15.9 Å². The number of amides is 1. The Morgan fingerprint density at radius 3 is 2.41 bits per heavy atom. The first-order valence-corrected chi connectivity index (χ1v) is 11.2. The number of carbonyl (C=O) groups excluding carboxylic acids is 1. The van der Waals surface area contributed by atoms with Gasteiger partial charge in [0.05, 0.1) is 18.5 Å². The van der Waals surface area contributed by atoms with Crippen LogP contribution in [0.25, 0.3) is 0 Å². The molecule has 158 valence electrons. The van der Waals surface area contributed by atoms with Crippen molar-refractivity contribution in [1.82, 2.24) is 5.32 Å². The van der Waals surface area contributed by atoms with Crippen LogP contribution in [0.15, 0.2) is 42.5 Å². The van der Waals surface area contributed by atoms with Gasteiger partial charge in [-0.05, 0) is 55.7 Å². The molecule has 0 spiro atoms. The SMILES string of the molecule is Cc1cc(C)cc(OCCNC(=O)CCCN(c2ccccc2F)S(C)(=O)=O)c1. The van der Waals surface area contributed by atoms with Gasteiger partial charge in [-0.2, -0.15) is 0 Å². The van der Waals surface area contributed by atoms with Gasteiger partial charge in [-0.1, -0.05) is 18.2 Å². The summed E-state index contributed by atoms with van der Waals surface area (Å²) in [5, 5.41) is 2.74. The molecule has 0 radical (unpaired) electrons. The molecule has 0 atom stereocenters. The van der Waals surface area contributed by atoms with Crippen molar-refractivity contribution in [2.75, 3.05) is 30.3 Å². The highest BCUT2D eigenvalue weighted by molar-refractivity contribution is 7.92. The van der Waals surface area contributed by atoms with Gasteiger partial charge >= 0.3 is 0 Å². The zero-order valence-corrected chi connectivity index (χ0v) is 17.8. The molecule has 6 nitrogen and oxygen atoms in total. The molecule has 0 fully saturated rings. The van der Waals surface area contributed by atoms with Gasteiger partial charge in [0.1, 0.15) is 18.2 Å². The second-order valence-electron chi connectivity index (χ2n) is 6.91. The highest BCUT2D eigenvalue weighted by Crippen LogP contribution is 2.21. The van der Waals surface area contributed by atoms with E-state index in [9.17, 15) is 17.6 Å². The van der Waals surface area contributed by atoms with Gasteiger partial charge < -0.3 is 10.1 Å². The van der Waals surface area contributed by atoms with Gasteiger partial charge in [0.25, 0.3) is 0 Å². The Hall–Kier alpha value is -2.61. The Labute approximate surface area is 171 Å². The number of aryl methyl sites for hydroxylation is 2. The maximum atomic E-state index is 14.0. The van der Waals surface area contributed by atoms with Crippen LogP contribution in [0.4, 0.5) is 10.1 Å². The third-order valence-electron chi connectivity index (χ3n) is 4.17. The van der Waals surface area contributed by atoms with Crippen LogP contribution in [0.2, 0.25) is 0 Å². The lowest BCUT2D eigenvalue weighted by atomic mass is 10.1. The third-order valence-corrected chi connectivity index (χ3v) is 5.35. The number of sulfonamides is 1. The fraction of sp³-hybridized carbons (Fsp3) is 0.381. The highest BCUT2D eigenvalue weighted by atomic mass is 32.2. The van der Waals surface area contributed by atoms with E-state index in [4.69, 9.17) is 4.74 Å². The van der Waals surface area contributed by atoms with Crippen molar-refractivity contribution in [3.8, 4) is 5.75 Å². The number of ether oxygens (including phenoxy) is 1. The highest BCUT2D eigenvalue weighted by Gasteiger charge is 2.20. The summed E-state index contributed by atoms with van der Waals surface area (Å²) in [6.07, 6.45) is 1.42. The summed E-state index contributed by atoms with van der Waals surface area (Å²) in [6, 6.07) is 11.6. The molecule has 0 saturated carbocycles. The molecule has 0 aromatic heterocycles. The minimum absolute atomic E-state index is 0.0164. The summed E-state index contributed by atoms with van der Waals surface area (Å²) in [5.41, 5.74) is 2.20. The van der Waals surface area contributed by atoms with E-state index in [1.165, 1.54) is 18.2 Å². The van der Waals surface area contributed by atoms with Gasteiger partial charge in [0.15, 0.2) is 0 Å². The Balaban J connectivity index is 1.77. The Kier molecular flexibility index (Phi) is 8.01. The molecular formula is C21H27FN2O4S. The Bertz CT molecular complexity index is 927.